The monoisotopic (exact) mass is 544 g/mol. The van der Waals surface area contributed by atoms with Crippen LogP contribution in [0.15, 0.2) is 24.3 Å². The van der Waals surface area contributed by atoms with Gasteiger partial charge in [0.1, 0.15) is 12.6 Å². The maximum absolute atomic E-state index is 13.1. The summed E-state index contributed by atoms with van der Waals surface area (Å²) in [5, 5.41) is 0. The highest BCUT2D eigenvalue weighted by atomic mass is 32.2. The molecule has 0 aromatic heterocycles. The Morgan fingerprint density at radius 3 is 2.00 bits per heavy atom. The van der Waals surface area contributed by atoms with Crippen LogP contribution in [-0.2, 0) is 19.6 Å². The van der Waals surface area contributed by atoms with E-state index in [0.717, 1.165) is 63.9 Å². The van der Waals surface area contributed by atoms with Crippen LogP contribution in [0.1, 0.15) is 104 Å². The molecule has 1 unspecified atom stereocenters. The van der Waals surface area contributed by atoms with E-state index in [2.05, 4.69) is 4.72 Å². The van der Waals surface area contributed by atoms with E-state index in [4.69, 9.17) is 0 Å². The Labute approximate surface area is 226 Å². The number of nitrogens with one attached hydrogen (secondary N) is 1. The normalized spacial score (nSPS) is 21.6. The minimum atomic E-state index is -3.74. The summed E-state index contributed by atoms with van der Waals surface area (Å²) < 4.78 is 29.0. The van der Waals surface area contributed by atoms with Gasteiger partial charge in [-0.3, -0.25) is 14.5 Å². The van der Waals surface area contributed by atoms with Crippen LogP contribution < -0.4 is 4.72 Å². The van der Waals surface area contributed by atoms with Gasteiger partial charge in [-0.1, -0.05) is 50.7 Å². The fourth-order valence-electron chi connectivity index (χ4n) is 7.00. The highest BCUT2D eigenvalue weighted by Gasteiger charge is 2.44. The average Bonchev–Trinajstić information content (AvgIpc) is 3.16. The molecule has 0 spiro atoms. The molecule has 2 fully saturated rings. The molecule has 0 saturated heterocycles. The molecule has 1 aromatic carbocycles. The van der Waals surface area contributed by atoms with Gasteiger partial charge in [0.25, 0.3) is 11.8 Å². The number of sulfonamides is 1. The second-order valence-corrected chi connectivity index (χ2v) is 13.4. The fraction of sp³-hybridized carbons (Fsp3) is 0.655. The lowest BCUT2D eigenvalue weighted by Crippen LogP contribution is -2.44. The third-order valence-corrected chi connectivity index (χ3v) is 10.8. The van der Waals surface area contributed by atoms with E-state index in [1.165, 1.54) is 4.90 Å². The Bertz CT molecular complexity index is 1100. The van der Waals surface area contributed by atoms with Gasteiger partial charge >= 0.3 is 0 Å². The smallest absolute Gasteiger partial charge is 0.261 e. The first-order chi connectivity index (χ1) is 18.2. The van der Waals surface area contributed by atoms with Crippen molar-refractivity contribution in [3.63, 3.8) is 0 Å². The zero-order valence-electron chi connectivity index (χ0n) is 22.2. The van der Waals surface area contributed by atoms with Crippen LogP contribution in [0.5, 0.6) is 0 Å². The van der Waals surface area contributed by atoms with E-state index in [-0.39, 0.29) is 36.1 Å². The topological polar surface area (TPSA) is 118 Å². The van der Waals surface area contributed by atoms with Crippen LogP contribution in [0.25, 0.3) is 0 Å². The maximum Gasteiger partial charge on any atom is 0.261 e. The minimum absolute atomic E-state index is 0.135. The number of carbonyl (C=O) groups excluding carboxylic acids is 4. The molecule has 1 aliphatic heterocycles. The van der Waals surface area contributed by atoms with Gasteiger partial charge in [-0.05, 0) is 61.5 Å². The van der Waals surface area contributed by atoms with E-state index in [1.807, 2.05) is 0 Å². The summed E-state index contributed by atoms with van der Waals surface area (Å²) in [4.78, 5) is 50.6. The number of aldehydes is 2. The standard InChI is InChI=1S/C29H40N2O6S/c32-20-17-28(11-5-1-6-12-28)15-18-30-38(36,37)22-23(21-33)29(13-7-2-8-14-29)16-19-31-26(34)24-9-3-4-10-25(24)27(31)35/h3-4,9-10,20-21,23,30H,1-2,5-8,11-19,22H2. The van der Waals surface area contributed by atoms with Crippen LogP contribution in [0.3, 0.4) is 0 Å². The van der Waals surface area contributed by atoms with Crippen molar-refractivity contribution in [3.05, 3.63) is 35.4 Å². The minimum Gasteiger partial charge on any atom is -0.303 e. The van der Waals surface area contributed by atoms with Gasteiger partial charge in [-0.25, -0.2) is 13.1 Å². The van der Waals surface area contributed by atoms with Gasteiger partial charge in [0.2, 0.25) is 10.0 Å². The molecule has 1 N–H and O–H groups in total. The highest BCUT2D eigenvalue weighted by molar-refractivity contribution is 7.89. The molecule has 2 amide bonds. The molecular weight excluding hydrogens is 504 g/mol. The molecule has 208 valence electrons. The van der Waals surface area contributed by atoms with Crippen LogP contribution in [0, 0.1) is 16.7 Å². The SMILES string of the molecule is O=CCC1(CCNS(=O)(=O)CC(C=O)C2(CCN3C(=O)c4ccccc4C3=O)CCCCC2)CCCCC1. The van der Waals surface area contributed by atoms with Gasteiger partial charge < -0.3 is 9.59 Å². The quantitative estimate of drug-likeness (QED) is 0.292. The summed E-state index contributed by atoms with van der Waals surface area (Å²) >= 11 is 0. The number of rotatable bonds is 13. The van der Waals surface area contributed by atoms with E-state index in [1.54, 1.807) is 24.3 Å². The number of imide groups is 1. The number of hydrogen-bond donors (Lipinski definition) is 1. The number of carbonyl (C=O) groups is 4. The Kier molecular flexibility index (Phi) is 9.19. The molecule has 1 heterocycles. The Morgan fingerprint density at radius 1 is 0.868 bits per heavy atom. The van der Waals surface area contributed by atoms with Crippen molar-refractivity contribution in [1.29, 1.82) is 0 Å². The summed E-state index contributed by atoms with van der Waals surface area (Å²) in [6, 6.07) is 6.74. The molecule has 9 heteroatoms. The molecule has 38 heavy (non-hydrogen) atoms. The zero-order chi connectivity index (χ0) is 27.2. The molecule has 2 aliphatic carbocycles. The van der Waals surface area contributed by atoms with E-state index in [0.29, 0.717) is 43.2 Å². The van der Waals surface area contributed by atoms with E-state index < -0.39 is 21.4 Å². The second-order valence-electron chi connectivity index (χ2n) is 11.6. The molecule has 1 aromatic rings. The summed E-state index contributed by atoms with van der Waals surface area (Å²) in [5.41, 5.74) is 0.0638. The first-order valence-corrected chi connectivity index (χ1v) is 15.7. The third-order valence-electron chi connectivity index (χ3n) is 9.32. The zero-order valence-corrected chi connectivity index (χ0v) is 23.0. The van der Waals surface area contributed by atoms with Gasteiger partial charge in [0, 0.05) is 25.4 Å². The van der Waals surface area contributed by atoms with Crippen molar-refractivity contribution in [2.75, 3.05) is 18.8 Å². The molecule has 2 saturated carbocycles. The Morgan fingerprint density at radius 2 is 1.45 bits per heavy atom. The number of fused-ring (bicyclic) bond motifs is 1. The van der Waals surface area contributed by atoms with Crippen LogP contribution in [-0.4, -0.2) is 56.5 Å². The lowest BCUT2D eigenvalue weighted by Gasteiger charge is -2.42. The van der Waals surface area contributed by atoms with Crippen molar-refractivity contribution in [2.24, 2.45) is 16.7 Å². The largest absolute Gasteiger partial charge is 0.303 e. The number of amides is 2. The van der Waals surface area contributed by atoms with Crippen molar-refractivity contribution in [1.82, 2.24) is 9.62 Å². The molecule has 0 bridgehead atoms. The number of benzene rings is 1. The number of nitrogens with zero attached hydrogens (tertiary/aromatic N) is 1. The molecular formula is C29H40N2O6S. The van der Waals surface area contributed by atoms with Gasteiger partial charge in [0.15, 0.2) is 0 Å². The lowest BCUT2D eigenvalue weighted by molar-refractivity contribution is -0.115. The van der Waals surface area contributed by atoms with Crippen molar-refractivity contribution >= 4 is 34.4 Å². The second kappa shape index (κ2) is 12.2. The highest BCUT2D eigenvalue weighted by Crippen LogP contribution is 2.46. The first kappa shape index (κ1) is 28.6. The van der Waals surface area contributed by atoms with Crippen molar-refractivity contribution in [3.8, 4) is 0 Å². The van der Waals surface area contributed by atoms with Gasteiger partial charge in [-0.2, -0.15) is 0 Å². The van der Waals surface area contributed by atoms with Gasteiger partial charge in [0.05, 0.1) is 16.9 Å². The summed E-state index contributed by atoms with van der Waals surface area (Å²) in [6.45, 7) is 0.419. The van der Waals surface area contributed by atoms with Crippen LogP contribution >= 0.6 is 0 Å². The lowest BCUT2D eigenvalue weighted by atomic mass is 9.65. The maximum atomic E-state index is 13.1. The molecule has 1 atom stereocenters. The first-order valence-electron chi connectivity index (χ1n) is 14.1. The average molecular weight is 545 g/mol. The molecule has 0 radical (unpaired) electrons. The van der Waals surface area contributed by atoms with Crippen molar-refractivity contribution < 1.29 is 27.6 Å². The van der Waals surface area contributed by atoms with Crippen LogP contribution in [0.2, 0.25) is 0 Å². The van der Waals surface area contributed by atoms with Crippen LogP contribution in [0.4, 0.5) is 0 Å². The Hall–Kier alpha value is -2.39. The Balaban J connectivity index is 1.42. The molecule has 4 rings (SSSR count). The van der Waals surface area contributed by atoms with E-state index >= 15 is 0 Å². The fourth-order valence-corrected chi connectivity index (χ4v) is 8.44. The summed E-state index contributed by atoms with van der Waals surface area (Å²) in [5.74, 6) is -1.70. The summed E-state index contributed by atoms with van der Waals surface area (Å²) in [7, 11) is -3.74. The van der Waals surface area contributed by atoms with Gasteiger partial charge in [-0.15, -0.1) is 0 Å². The third kappa shape index (κ3) is 6.25. The molecule has 8 nitrogen and oxygen atoms in total. The summed E-state index contributed by atoms with van der Waals surface area (Å²) in [6.07, 6.45) is 12.5. The molecule has 3 aliphatic rings. The van der Waals surface area contributed by atoms with Crippen molar-refractivity contribution in [2.45, 2.75) is 83.5 Å². The predicted octanol–water partition coefficient (Wildman–Crippen LogP) is 4.29. The van der Waals surface area contributed by atoms with E-state index in [9.17, 15) is 27.6 Å². The predicted molar refractivity (Wildman–Crippen MR) is 144 cm³/mol. The number of hydrogen-bond acceptors (Lipinski definition) is 6.